The van der Waals surface area contributed by atoms with Gasteiger partial charge in [-0.05, 0) is 31.0 Å². The molecule has 0 saturated carbocycles. The Bertz CT molecular complexity index is 659. The molecular weight excluding hydrogens is 286 g/mol. The number of nitrogens with zero attached hydrogens (tertiary/aromatic N) is 2. The van der Waals surface area contributed by atoms with E-state index in [2.05, 4.69) is 5.10 Å². The van der Waals surface area contributed by atoms with Gasteiger partial charge in [-0.15, -0.1) is 0 Å². The number of nitrogen functional groups attached to an aromatic ring is 1. The third-order valence-electron chi connectivity index (χ3n) is 3.27. The maximum absolute atomic E-state index is 14.0. The van der Waals surface area contributed by atoms with Crippen LogP contribution in [0, 0.1) is 5.82 Å². The number of aromatic nitrogens is 2. The lowest BCUT2D eigenvalue weighted by atomic mass is 10.1. The summed E-state index contributed by atoms with van der Waals surface area (Å²) in [6, 6.07) is 2.38. The zero-order valence-electron chi connectivity index (χ0n) is 11.6. The van der Waals surface area contributed by atoms with Crippen molar-refractivity contribution in [1.82, 2.24) is 9.78 Å². The number of anilines is 1. The molecule has 1 aromatic carbocycles. The third kappa shape index (κ3) is 2.72. The standard InChI is InChI=1S/C14H15F4N3/c1-3-10-13(19)11(4-2)21(20-10)12-6-5-8(7-9(12)15)14(16,17)18/h5-7H,3-4,19H2,1-2H3. The van der Waals surface area contributed by atoms with E-state index in [-0.39, 0.29) is 5.69 Å². The number of hydrogen-bond donors (Lipinski definition) is 1. The fourth-order valence-corrected chi connectivity index (χ4v) is 2.17. The zero-order valence-corrected chi connectivity index (χ0v) is 11.6. The average Bonchev–Trinajstić information content (AvgIpc) is 2.73. The number of benzene rings is 1. The van der Waals surface area contributed by atoms with Gasteiger partial charge in [-0.1, -0.05) is 13.8 Å². The maximum atomic E-state index is 14.0. The zero-order chi connectivity index (χ0) is 15.8. The number of nitrogens with two attached hydrogens (primary N) is 1. The molecule has 7 heteroatoms. The molecule has 0 aliphatic heterocycles. The molecule has 2 rings (SSSR count). The van der Waals surface area contributed by atoms with Crippen molar-refractivity contribution in [3.63, 3.8) is 0 Å². The van der Waals surface area contributed by atoms with Gasteiger partial charge in [0.25, 0.3) is 0 Å². The Morgan fingerprint density at radius 3 is 2.33 bits per heavy atom. The van der Waals surface area contributed by atoms with Crippen LogP contribution in [0.1, 0.15) is 30.8 Å². The summed E-state index contributed by atoms with van der Waals surface area (Å²) in [5.74, 6) is -0.982. The van der Waals surface area contributed by atoms with Crippen LogP contribution >= 0.6 is 0 Å². The highest BCUT2D eigenvalue weighted by atomic mass is 19.4. The molecule has 0 amide bonds. The molecule has 0 aliphatic rings. The summed E-state index contributed by atoms with van der Waals surface area (Å²) in [5.41, 5.74) is 6.51. The molecule has 0 atom stereocenters. The first-order valence-electron chi connectivity index (χ1n) is 6.52. The van der Waals surface area contributed by atoms with Gasteiger partial charge in [-0.25, -0.2) is 9.07 Å². The molecule has 0 radical (unpaired) electrons. The second kappa shape index (κ2) is 5.38. The summed E-state index contributed by atoms with van der Waals surface area (Å²) >= 11 is 0. The third-order valence-corrected chi connectivity index (χ3v) is 3.27. The SMILES string of the molecule is CCc1nn(-c2ccc(C(F)(F)F)cc2F)c(CC)c1N. The van der Waals surface area contributed by atoms with Crippen molar-refractivity contribution in [3.8, 4) is 5.69 Å². The molecule has 1 aromatic heterocycles. The number of alkyl halides is 3. The van der Waals surface area contributed by atoms with Crippen LogP contribution in [0.3, 0.4) is 0 Å². The van der Waals surface area contributed by atoms with Gasteiger partial charge >= 0.3 is 6.18 Å². The highest BCUT2D eigenvalue weighted by Crippen LogP contribution is 2.32. The maximum Gasteiger partial charge on any atom is 0.416 e. The molecule has 0 aliphatic carbocycles. The van der Waals surface area contributed by atoms with Crippen LogP contribution in [-0.4, -0.2) is 9.78 Å². The van der Waals surface area contributed by atoms with E-state index in [1.165, 1.54) is 4.68 Å². The highest BCUT2D eigenvalue weighted by molar-refractivity contribution is 5.52. The molecule has 0 fully saturated rings. The highest BCUT2D eigenvalue weighted by Gasteiger charge is 2.31. The van der Waals surface area contributed by atoms with E-state index >= 15 is 0 Å². The van der Waals surface area contributed by atoms with Crippen LogP contribution in [-0.2, 0) is 19.0 Å². The Morgan fingerprint density at radius 1 is 1.19 bits per heavy atom. The molecule has 3 nitrogen and oxygen atoms in total. The normalized spacial score (nSPS) is 11.9. The number of rotatable bonds is 3. The van der Waals surface area contributed by atoms with Crippen LogP contribution in [0.25, 0.3) is 5.69 Å². The van der Waals surface area contributed by atoms with Gasteiger partial charge in [-0.2, -0.15) is 18.3 Å². The molecular formula is C14H15F4N3. The quantitative estimate of drug-likeness (QED) is 0.878. The summed E-state index contributed by atoms with van der Waals surface area (Å²) in [5, 5.41) is 4.19. The van der Waals surface area contributed by atoms with Crippen LogP contribution in [0.4, 0.5) is 23.2 Å². The Labute approximate surface area is 119 Å². The van der Waals surface area contributed by atoms with Gasteiger partial charge in [-0.3, -0.25) is 0 Å². The monoisotopic (exact) mass is 301 g/mol. The summed E-state index contributed by atoms with van der Waals surface area (Å²) < 4.78 is 53.0. The van der Waals surface area contributed by atoms with Gasteiger partial charge < -0.3 is 5.73 Å². The van der Waals surface area contributed by atoms with Crippen LogP contribution in [0.5, 0.6) is 0 Å². The van der Waals surface area contributed by atoms with E-state index in [9.17, 15) is 17.6 Å². The fraction of sp³-hybridized carbons (Fsp3) is 0.357. The molecule has 2 aromatic rings. The van der Waals surface area contributed by atoms with Crippen LogP contribution < -0.4 is 5.73 Å². The molecule has 1 heterocycles. The van der Waals surface area contributed by atoms with Gasteiger partial charge in [0.2, 0.25) is 0 Å². The summed E-state index contributed by atoms with van der Waals surface area (Å²) in [7, 11) is 0. The first-order chi connectivity index (χ1) is 9.79. The van der Waals surface area contributed by atoms with E-state index in [0.717, 1.165) is 12.1 Å². The second-order valence-corrected chi connectivity index (χ2v) is 4.59. The number of aryl methyl sites for hydroxylation is 1. The van der Waals surface area contributed by atoms with E-state index in [1.807, 2.05) is 13.8 Å². The van der Waals surface area contributed by atoms with Crippen molar-refractivity contribution in [3.05, 3.63) is 41.0 Å². The number of hydrogen-bond acceptors (Lipinski definition) is 2. The van der Waals surface area contributed by atoms with Crippen molar-refractivity contribution in [2.24, 2.45) is 0 Å². The van der Waals surface area contributed by atoms with Crippen LogP contribution in [0.15, 0.2) is 18.2 Å². The molecule has 0 saturated heterocycles. The van der Waals surface area contributed by atoms with E-state index in [0.29, 0.717) is 36.0 Å². The molecule has 0 bridgehead atoms. The van der Waals surface area contributed by atoms with Gasteiger partial charge in [0.1, 0.15) is 11.5 Å². The summed E-state index contributed by atoms with van der Waals surface area (Å²) in [4.78, 5) is 0. The lowest BCUT2D eigenvalue weighted by molar-refractivity contribution is -0.137. The predicted octanol–water partition coefficient (Wildman–Crippen LogP) is 3.74. The first-order valence-corrected chi connectivity index (χ1v) is 6.52. The lowest BCUT2D eigenvalue weighted by Gasteiger charge is -2.11. The van der Waals surface area contributed by atoms with Crippen molar-refractivity contribution in [2.75, 3.05) is 5.73 Å². The molecule has 21 heavy (non-hydrogen) atoms. The molecule has 0 spiro atoms. The van der Waals surface area contributed by atoms with E-state index in [4.69, 9.17) is 5.73 Å². The minimum atomic E-state index is -4.58. The van der Waals surface area contributed by atoms with Crippen LogP contribution in [0.2, 0.25) is 0 Å². The van der Waals surface area contributed by atoms with Gasteiger partial charge in [0, 0.05) is 0 Å². The minimum absolute atomic E-state index is 0.0359. The van der Waals surface area contributed by atoms with Crippen molar-refractivity contribution in [2.45, 2.75) is 32.9 Å². The number of halogens is 4. The largest absolute Gasteiger partial charge is 0.416 e. The fourth-order valence-electron chi connectivity index (χ4n) is 2.17. The summed E-state index contributed by atoms with van der Waals surface area (Å²) in [6.45, 7) is 3.68. The second-order valence-electron chi connectivity index (χ2n) is 4.59. The summed E-state index contributed by atoms with van der Waals surface area (Å²) in [6.07, 6.45) is -3.52. The van der Waals surface area contributed by atoms with Crippen molar-refractivity contribution in [1.29, 1.82) is 0 Å². The van der Waals surface area contributed by atoms with Crippen molar-refractivity contribution < 1.29 is 17.6 Å². The average molecular weight is 301 g/mol. The Kier molecular flexibility index (Phi) is 3.93. The Balaban J connectivity index is 2.58. The topological polar surface area (TPSA) is 43.8 Å². The Hall–Kier alpha value is -2.05. The van der Waals surface area contributed by atoms with E-state index in [1.54, 1.807) is 0 Å². The molecule has 0 unspecified atom stereocenters. The smallest absolute Gasteiger partial charge is 0.396 e. The lowest BCUT2D eigenvalue weighted by Crippen LogP contribution is -2.09. The van der Waals surface area contributed by atoms with Gasteiger partial charge in [0.15, 0.2) is 0 Å². The first kappa shape index (κ1) is 15.3. The molecule has 2 N–H and O–H groups in total. The minimum Gasteiger partial charge on any atom is -0.396 e. The predicted molar refractivity (Wildman–Crippen MR) is 71.7 cm³/mol. The molecule has 114 valence electrons. The van der Waals surface area contributed by atoms with Gasteiger partial charge in [0.05, 0.1) is 22.6 Å². The van der Waals surface area contributed by atoms with E-state index < -0.39 is 17.6 Å². The van der Waals surface area contributed by atoms with Crippen molar-refractivity contribution >= 4 is 5.69 Å². The Morgan fingerprint density at radius 2 is 1.86 bits per heavy atom.